The minimum atomic E-state index is -4.12. The molecule has 3 aromatic rings. The van der Waals surface area contributed by atoms with Gasteiger partial charge in [-0.2, -0.15) is 8.42 Å². The van der Waals surface area contributed by atoms with Crippen LogP contribution in [-0.2, 0) is 10.1 Å². The lowest BCUT2D eigenvalue weighted by Gasteiger charge is -2.23. The molecule has 0 atom stereocenters. The Morgan fingerprint density at radius 1 is 1.16 bits per heavy atom. The van der Waals surface area contributed by atoms with Crippen LogP contribution in [0.4, 0.5) is 5.69 Å². The number of anilines is 1. The zero-order valence-electron chi connectivity index (χ0n) is 13.7. The van der Waals surface area contributed by atoms with Gasteiger partial charge in [0.05, 0.1) is 29.4 Å². The van der Waals surface area contributed by atoms with Crippen LogP contribution in [0.5, 0.6) is 11.5 Å². The lowest BCUT2D eigenvalue weighted by Crippen LogP contribution is -2.25. The summed E-state index contributed by atoms with van der Waals surface area (Å²) in [5, 5.41) is 10.4. The molecular weight excluding hydrogens is 346 g/mol. The summed E-state index contributed by atoms with van der Waals surface area (Å²) in [6.45, 7) is -0.0325. The Bertz CT molecular complexity index is 1050. The Morgan fingerprint density at radius 3 is 2.40 bits per heavy atom. The number of phenolic OH excluding ortho intramolecular Hbond substituents is 1. The molecule has 0 radical (unpaired) electrons. The first-order chi connectivity index (χ1) is 11.8. The molecule has 8 nitrogen and oxygen atoms in total. The van der Waals surface area contributed by atoms with Crippen LogP contribution < -0.4 is 9.64 Å². The maximum absolute atomic E-state index is 11.0. The lowest BCUT2D eigenvalue weighted by atomic mass is 10.2. The minimum absolute atomic E-state index is 0.0325. The third-order valence-corrected chi connectivity index (χ3v) is 4.51. The highest BCUT2D eigenvalue weighted by Gasteiger charge is 2.21. The van der Waals surface area contributed by atoms with Crippen molar-refractivity contribution in [3.8, 4) is 11.5 Å². The van der Waals surface area contributed by atoms with Crippen molar-refractivity contribution in [1.29, 1.82) is 0 Å². The normalized spacial score (nSPS) is 11.8. The van der Waals surface area contributed by atoms with Crippen molar-refractivity contribution < 1.29 is 22.8 Å². The monoisotopic (exact) mass is 363 g/mol. The molecule has 1 heterocycles. The van der Waals surface area contributed by atoms with E-state index < -0.39 is 15.9 Å². The quantitative estimate of drug-likeness (QED) is 0.521. The molecule has 1 aromatic heterocycles. The second-order valence-corrected chi connectivity index (χ2v) is 7.14. The van der Waals surface area contributed by atoms with Gasteiger partial charge in [0.1, 0.15) is 17.0 Å². The molecule has 25 heavy (non-hydrogen) atoms. The number of para-hydroxylation sites is 2. The van der Waals surface area contributed by atoms with Crippen molar-refractivity contribution in [2.45, 2.75) is 0 Å². The number of aromatic hydroxyl groups is 1. The summed E-state index contributed by atoms with van der Waals surface area (Å²) in [5.41, 5.74) is 2.55. The predicted molar refractivity (Wildman–Crippen MR) is 94.9 cm³/mol. The van der Waals surface area contributed by atoms with Gasteiger partial charge in [-0.15, -0.1) is 0 Å². The molecule has 3 rings (SSSR count). The van der Waals surface area contributed by atoms with Crippen LogP contribution in [0.25, 0.3) is 22.1 Å². The second kappa shape index (κ2) is 6.34. The van der Waals surface area contributed by atoms with Crippen LogP contribution in [0, 0.1) is 0 Å². The Hall–Kier alpha value is -2.65. The number of aromatic nitrogens is 2. The van der Waals surface area contributed by atoms with Gasteiger partial charge in [0.15, 0.2) is 5.75 Å². The molecule has 0 spiro atoms. The largest absolute Gasteiger partial charge is 0.506 e. The first-order valence-electron chi connectivity index (χ1n) is 7.43. The van der Waals surface area contributed by atoms with Gasteiger partial charge in [-0.25, -0.2) is 9.97 Å². The van der Waals surface area contributed by atoms with Crippen LogP contribution in [0.1, 0.15) is 0 Å². The number of hydrogen-bond acceptors (Lipinski definition) is 7. The van der Waals surface area contributed by atoms with Crippen molar-refractivity contribution in [3.63, 3.8) is 0 Å². The number of fused-ring (bicyclic) bond motifs is 2. The Kier molecular flexibility index (Phi) is 4.36. The molecule has 9 heteroatoms. The number of benzene rings is 2. The molecule has 2 N–H and O–H groups in total. The first-order valence-corrected chi connectivity index (χ1v) is 9.04. The van der Waals surface area contributed by atoms with E-state index in [0.29, 0.717) is 22.1 Å². The Morgan fingerprint density at radius 2 is 1.80 bits per heavy atom. The minimum Gasteiger partial charge on any atom is -0.506 e. The maximum Gasteiger partial charge on any atom is 0.266 e. The van der Waals surface area contributed by atoms with Crippen LogP contribution in [0.2, 0.25) is 0 Å². The SMILES string of the molecule is COc1c(N(C)CCS(=O)(=O)O)c(O)cc2nc3ccccc3nc12. The third-order valence-electron chi connectivity index (χ3n) is 3.81. The van der Waals surface area contributed by atoms with Crippen molar-refractivity contribution in [2.75, 3.05) is 31.4 Å². The first kappa shape index (κ1) is 17.2. The highest BCUT2D eigenvalue weighted by atomic mass is 32.2. The second-order valence-electron chi connectivity index (χ2n) is 5.57. The van der Waals surface area contributed by atoms with Gasteiger partial charge in [-0.05, 0) is 12.1 Å². The van der Waals surface area contributed by atoms with Crippen molar-refractivity contribution in [2.24, 2.45) is 0 Å². The molecule has 0 aliphatic carbocycles. The van der Waals surface area contributed by atoms with Crippen LogP contribution in [0.3, 0.4) is 0 Å². The van der Waals surface area contributed by atoms with Gasteiger partial charge in [0, 0.05) is 19.7 Å². The van der Waals surface area contributed by atoms with Gasteiger partial charge in [-0.3, -0.25) is 4.55 Å². The molecule has 0 saturated heterocycles. The number of nitrogens with zero attached hydrogens (tertiary/aromatic N) is 3. The summed E-state index contributed by atoms with van der Waals surface area (Å²) in [7, 11) is -1.10. The van der Waals surface area contributed by atoms with Gasteiger partial charge in [0.2, 0.25) is 0 Å². The van der Waals surface area contributed by atoms with Gasteiger partial charge < -0.3 is 14.7 Å². The summed E-state index contributed by atoms with van der Waals surface area (Å²) in [6, 6.07) is 8.77. The van der Waals surface area contributed by atoms with Gasteiger partial charge >= 0.3 is 0 Å². The van der Waals surface area contributed by atoms with E-state index in [4.69, 9.17) is 9.29 Å². The van der Waals surface area contributed by atoms with E-state index in [1.54, 1.807) is 7.05 Å². The van der Waals surface area contributed by atoms with Crippen molar-refractivity contribution in [1.82, 2.24) is 9.97 Å². The maximum atomic E-state index is 11.0. The number of hydrogen-bond donors (Lipinski definition) is 2. The summed E-state index contributed by atoms with van der Waals surface area (Å²) in [4.78, 5) is 10.5. The highest BCUT2D eigenvalue weighted by Crippen LogP contribution is 2.42. The molecule has 0 aliphatic rings. The summed E-state index contributed by atoms with van der Waals surface area (Å²) >= 11 is 0. The topological polar surface area (TPSA) is 113 Å². The summed E-state index contributed by atoms with van der Waals surface area (Å²) < 4.78 is 36.3. The molecule has 2 aromatic carbocycles. The van der Waals surface area contributed by atoms with E-state index in [2.05, 4.69) is 9.97 Å². The molecule has 0 amide bonds. The Labute approximate surface area is 144 Å². The fourth-order valence-corrected chi connectivity index (χ4v) is 3.14. The van der Waals surface area contributed by atoms with Crippen molar-refractivity contribution >= 4 is 37.9 Å². The smallest absolute Gasteiger partial charge is 0.266 e. The molecule has 0 unspecified atom stereocenters. The van der Waals surface area contributed by atoms with E-state index in [1.807, 2.05) is 24.3 Å². The van der Waals surface area contributed by atoms with Crippen molar-refractivity contribution in [3.05, 3.63) is 30.3 Å². The van der Waals surface area contributed by atoms with Crippen LogP contribution >= 0.6 is 0 Å². The molecule has 0 aliphatic heterocycles. The van der Waals surface area contributed by atoms with E-state index >= 15 is 0 Å². The Balaban J connectivity index is 2.18. The predicted octanol–water partition coefficient (Wildman–Crippen LogP) is 1.82. The van der Waals surface area contributed by atoms with E-state index in [1.165, 1.54) is 18.1 Å². The van der Waals surface area contributed by atoms with Gasteiger partial charge in [0.25, 0.3) is 10.1 Å². The van der Waals surface area contributed by atoms with Crippen LogP contribution in [0.15, 0.2) is 30.3 Å². The number of phenols is 1. The zero-order chi connectivity index (χ0) is 18.2. The third kappa shape index (κ3) is 3.42. The molecule has 0 saturated carbocycles. The molecule has 0 fully saturated rings. The molecule has 0 bridgehead atoms. The zero-order valence-corrected chi connectivity index (χ0v) is 14.5. The highest BCUT2D eigenvalue weighted by molar-refractivity contribution is 7.85. The lowest BCUT2D eigenvalue weighted by molar-refractivity contribution is 0.412. The fourth-order valence-electron chi connectivity index (χ4n) is 2.63. The number of ether oxygens (including phenoxy) is 1. The van der Waals surface area contributed by atoms with Gasteiger partial charge in [-0.1, -0.05) is 12.1 Å². The number of rotatable bonds is 5. The van der Waals surface area contributed by atoms with E-state index in [0.717, 1.165) is 0 Å². The molecule has 132 valence electrons. The average molecular weight is 363 g/mol. The number of methoxy groups -OCH3 is 1. The van der Waals surface area contributed by atoms with E-state index in [-0.39, 0.29) is 23.7 Å². The van der Waals surface area contributed by atoms with E-state index in [9.17, 15) is 13.5 Å². The van der Waals surface area contributed by atoms with Crippen LogP contribution in [-0.4, -0.2) is 54.5 Å². The fraction of sp³-hybridized carbons (Fsp3) is 0.250. The summed E-state index contributed by atoms with van der Waals surface area (Å²) in [6.07, 6.45) is 0. The average Bonchev–Trinajstić information content (AvgIpc) is 2.56. The summed E-state index contributed by atoms with van der Waals surface area (Å²) in [5.74, 6) is -0.314. The standard InChI is InChI=1S/C16H17N3O5S/c1-19(7-8-25(21,22)23)15-13(20)9-12-14(16(15)24-2)18-11-6-4-3-5-10(11)17-12/h3-6,9,20H,7-8H2,1-2H3,(H,21,22,23). The molecular formula is C16H17N3O5S.